The van der Waals surface area contributed by atoms with Crippen LogP contribution < -0.4 is 5.73 Å². The Morgan fingerprint density at radius 2 is 1.89 bits per heavy atom. The monoisotopic (exact) mass is 261 g/mol. The van der Waals surface area contributed by atoms with E-state index in [1.54, 1.807) is 0 Å². The molecule has 2 N–H and O–H groups in total. The van der Waals surface area contributed by atoms with Crippen molar-refractivity contribution in [3.05, 3.63) is 0 Å². The number of nitrogens with two attached hydrogens (primary N) is 1. The molecular formula is C10H15NO7. The Kier molecular flexibility index (Phi) is 8.12. The Balaban J connectivity index is 3.76. The zero-order chi connectivity index (χ0) is 14.0. The summed E-state index contributed by atoms with van der Waals surface area (Å²) < 4.78 is 13.2. The van der Waals surface area contributed by atoms with Crippen LogP contribution in [0.3, 0.4) is 0 Å². The van der Waals surface area contributed by atoms with Crippen molar-refractivity contribution in [1.29, 1.82) is 0 Å². The lowest BCUT2D eigenvalue weighted by Crippen LogP contribution is -2.37. The number of rotatable bonds is 9. The number of carbonyl (C=O) groups is 4. The van der Waals surface area contributed by atoms with E-state index in [2.05, 4.69) is 14.2 Å². The molecule has 0 heterocycles. The van der Waals surface area contributed by atoms with Crippen LogP contribution in [-0.4, -0.2) is 43.6 Å². The van der Waals surface area contributed by atoms with Gasteiger partial charge in [0.1, 0.15) is 18.4 Å². The lowest BCUT2D eigenvalue weighted by Gasteiger charge is -2.11. The molecule has 8 heteroatoms. The third kappa shape index (κ3) is 8.22. The predicted octanol–water partition coefficient (Wildman–Crippen LogP) is -1.10. The first kappa shape index (κ1) is 16.0. The van der Waals surface area contributed by atoms with Crippen LogP contribution in [0.1, 0.15) is 19.8 Å². The second-order valence-corrected chi connectivity index (χ2v) is 3.34. The normalized spacial score (nSPS) is 11.2. The second-order valence-electron chi connectivity index (χ2n) is 3.34. The topological polar surface area (TPSA) is 122 Å². The standard InChI is InChI=1S/C10H15NO7/c1-7(13)2-3-9(14)17-4-8(11)10(15)18-6-16-5-12/h5,8H,2-4,6,11H2,1H3/t8-/m1/s1. The van der Waals surface area contributed by atoms with E-state index in [0.717, 1.165) is 0 Å². The molecule has 0 saturated carbocycles. The summed E-state index contributed by atoms with van der Waals surface area (Å²) in [6.07, 6.45) is 0.0110. The highest BCUT2D eigenvalue weighted by Crippen LogP contribution is 1.96. The maximum absolute atomic E-state index is 11.1. The van der Waals surface area contributed by atoms with Gasteiger partial charge in [-0.15, -0.1) is 0 Å². The van der Waals surface area contributed by atoms with Gasteiger partial charge in [0.15, 0.2) is 0 Å². The Labute approximate surface area is 103 Å². The van der Waals surface area contributed by atoms with Crippen molar-refractivity contribution in [2.75, 3.05) is 13.4 Å². The molecule has 0 amide bonds. The average Bonchev–Trinajstić information content (AvgIpc) is 2.33. The predicted molar refractivity (Wildman–Crippen MR) is 57.0 cm³/mol. The summed E-state index contributed by atoms with van der Waals surface area (Å²) in [6.45, 7) is 0.551. The maximum atomic E-state index is 11.1. The SMILES string of the molecule is CC(=O)CCC(=O)OC[C@@H](N)C(=O)OCOC=O. The van der Waals surface area contributed by atoms with E-state index in [1.165, 1.54) is 6.92 Å². The molecule has 0 aliphatic rings. The van der Waals surface area contributed by atoms with Crippen LogP contribution in [0.2, 0.25) is 0 Å². The Bertz CT molecular complexity index is 315. The fourth-order valence-corrected chi connectivity index (χ4v) is 0.828. The van der Waals surface area contributed by atoms with E-state index in [9.17, 15) is 19.2 Å². The minimum absolute atomic E-state index is 0.0641. The van der Waals surface area contributed by atoms with Gasteiger partial charge in [0, 0.05) is 6.42 Å². The van der Waals surface area contributed by atoms with Crippen LogP contribution in [0.15, 0.2) is 0 Å². The number of hydrogen-bond donors (Lipinski definition) is 1. The van der Waals surface area contributed by atoms with Crippen LogP contribution in [0.25, 0.3) is 0 Å². The van der Waals surface area contributed by atoms with E-state index < -0.39 is 24.8 Å². The number of carbonyl (C=O) groups excluding carboxylic acids is 4. The number of ketones is 1. The molecule has 0 rings (SSSR count). The molecule has 0 saturated heterocycles. The molecule has 0 aliphatic heterocycles. The first-order valence-corrected chi connectivity index (χ1v) is 5.10. The van der Waals surface area contributed by atoms with Crippen molar-refractivity contribution in [3.63, 3.8) is 0 Å². The molecule has 0 fully saturated rings. The van der Waals surface area contributed by atoms with Crippen LogP contribution in [0.4, 0.5) is 0 Å². The summed E-state index contributed by atoms with van der Waals surface area (Å²) in [5, 5.41) is 0. The van der Waals surface area contributed by atoms with Crippen molar-refractivity contribution in [2.45, 2.75) is 25.8 Å². The molecule has 0 aliphatic carbocycles. The molecule has 8 nitrogen and oxygen atoms in total. The zero-order valence-corrected chi connectivity index (χ0v) is 9.92. The molecule has 0 aromatic heterocycles. The van der Waals surface area contributed by atoms with Gasteiger partial charge in [-0.3, -0.25) is 14.4 Å². The van der Waals surface area contributed by atoms with Crippen molar-refractivity contribution in [3.8, 4) is 0 Å². The first-order valence-electron chi connectivity index (χ1n) is 5.10. The summed E-state index contributed by atoms with van der Waals surface area (Å²) >= 11 is 0. The van der Waals surface area contributed by atoms with Crippen LogP contribution in [-0.2, 0) is 33.4 Å². The number of Topliss-reactive ketones (excluding diaryl/α,β-unsaturated/α-hetero) is 1. The van der Waals surface area contributed by atoms with Crippen molar-refractivity contribution < 1.29 is 33.4 Å². The van der Waals surface area contributed by atoms with Crippen molar-refractivity contribution in [1.82, 2.24) is 0 Å². The van der Waals surface area contributed by atoms with Gasteiger partial charge in [-0.25, -0.2) is 0 Å². The minimum atomic E-state index is -1.17. The second kappa shape index (κ2) is 9.11. The number of hydrogen-bond acceptors (Lipinski definition) is 8. The summed E-state index contributed by atoms with van der Waals surface area (Å²) in [4.78, 5) is 42.5. The van der Waals surface area contributed by atoms with Crippen molar-refractivity contribution >= 4 is 24.2 Å². The van der Waals surface area contributed by atoms with E-state index >= 15 is 0 Å². The Morgan fingerprint density at radius 1 is 1.22 bits per heavy atom. The summed E-state index contributed by atoms with van der Waals surface area (Å²) in [5.74, 6) is -1.63. The molecule has 0 aromatic carbocycles. The third-order valence-corrected chi connectivity index (χ3v) is 1.75. The van der Waals surface area contributed by atoms with E-state index in [0.29, 0.717) is 0 Å². The Morgan fingerprint density at radius 3 is 2.44 bits per heavy atom. The van der Waals surface area contributed by atoms with Gasteiger partial charge < -0.3 is 24.7 Å². The Hall–Kier alpha value is -1.96. The smallest absolute Gasteiger partial charge is 0.329 e. The van der Waals surface area contributed by atoms with E-state index in [4.69, 9.17) is 5.73 Å². The van der Waals surface area contributed by atoms with E-state index in [-0.39, 0.29) is 31.7 Å². The summed E-state index contributed by atoms with van der Waals surface area (Å²) in [7, 11) is 0. The van der Waals surface area contributed by atoms with Crippen LogP contribution in [0.5, 0.6) is 0 Å². The van der Waals surface area contributed by atoms with Gasteiger partial charge in [0.2, 0.25) is 6.79 Å². The quantitative estimate of drug-likeness (QED) is 0.240. The average molecular weight is 261 g/mol. The third-order valence-electron chi connectivity index (χ3n) is 1.75. The number of ether oxygens (including phenoxy) is 3. The first-order chi connectivity index (χ1) is 8.47. The highest BCUT2D eigenvalue weighted by atomic mass is 16.7. The fraction of sp³-hybridized carbons (Fsp3) is 0.600. The lowest BCUT2D eigenvalue weighted by molar-refractivity contribution is -0.163. The molecule has 0 radical (unpaired) electrons. The lowest BCUT2D eigenvalue weighted by atomic mass is 10.2. The van der Waals surface area contributed by atoms with Crippen molar-refractivity contribution in [2.24, 2.45) is 5.73 Å². The van der Waals surface area contributed by atoms with Crippen LogP contribution >= 0.6 is 0 Å². The molecular weight excluding hydrogens is 246 g/mol. The maximum Gasteiger partial charge on any atom is 0.329 e. The summed E-state index contributed by atoms with van der Waals surface area (Å²) in [6, 6.07) is -1.17. The van der Waals surface area contributed by atoms with Gasteiger partial charge >= 0.3 is 11.9 Å². The molecule has 18 heavy (non-hydrogen) atoms. The minimum Gasteiger partial charge on any atom is -0.463 e. The van der Waals surface area contributed by atoms with Gasteiger partial charge in [0.25, 0.3) is 6.47 Å². The van der Waals surface area contributed by atoms with Crippen LogP contribution in [0, 0.1) is 0 Å². The molecule has 1 atom stereocenters. The highest BCUT2D eigenvalue weighted by molar-refractivity contribution is 5.81. The van der Waals surface area contributed by atoms with Gasteiger partial charge in [-0.2, -0.15) is 0 Å². The molecule has 102 valence electrons. The number of esters is 2. The molecule has 0 spiro atoms. The highest BCUT2D eigenvalue weighted by Gasteiger charge is 2.17. The fourth-order valence-electron chi connectivity index (χ4n) is 0.828. The van der Waals surface area contributed by atoms with Gasteiger partial charge in [-0.05, 0) is 6.92 Å². The zero-order valence-electron chi connectivity index (χ0n) is 9.92. The molecule has 0 aromatic rings. The van der Waals surface area contributed by atoms with Gasteiger partial charge in [-0.1, -0.05) is 0 Å². The largest absolute Gasteiger partial charge is 0.463 e. The summed E-state index contributed by atoms with van der Waals surface area (Å²) in [5.41, 5.74) is 5.34. The van der Waals surface area contributed by atoms with Gasteiger partial charge in [0.05, 0.1) is 6.42 Å². The molecule has 0 unspecified atom stereocenters. The molecule has 0 bridgehead atoms. The van der Waals surface area contributed by atoms with E-state index in [1.807, 2.05) is 0 Å².